The van der Waals surface area contributed by atoms with Crippen LogP contribution in [0, 0.1) is 0 Å². The lowest BCUT2D eigenvalue weighted by Gasteiger charge is -2.48. The van der Waals surface area contributed by atoms with E-state index in [-0.39, 0.29) is 18.2 Å². The molecule has 1 aliphatic rings. The molecular weight excluding hydrogens is 433 g/mol. The third-order valence-electron chi connectivity index (χ3n) is 5.08. The maximum absolute atomic E-state index is 12.6. The summed E-state index contributed by atoms with van der Waals surface area (Å²) in [5.41, 5.74) is 7.82. The van der Waals surface area contributed by atoms with Crippen LogP contribution in [-0.4, -0.2) is 43.3 Å². The lowest BCUT2D eigenvalue weighted by Crippen LogP contribution is -2.57. The Kier molecular flexibility index (Phi) is 7.52. The summed E-state index contributed by atoms with van der Waals surface area (Å²) in [5.74, 6) is 0. The molecule has 2 atom stereocenters. The molecule has 2 aromatic rings. The van der Waals surface area contributed by atoms with Crippen molar-refractivity contribution < 1.29 is 9.53 Å². The molecule has 0 saturated carbocycles. The van der Waals surface area contributed by atoms with E-state index in [4.69, 9.17) is 45.3 Å². The highest BCUT2D eigenvalue weighted by Gasteiger charge is 2.40. The number of anilines is 1. The number of carbonyl (C=O) groups is 1. The fraction of sp³-hybridized carbons (Fsp3) is 0.381. The molecule has 0 radical (unpaired) electrons. The number of nitrogens with zero attached hydrogens (tertiary/aromatic N) is 2. The van der Waals surface area contributed by atoms with Crippen molar-refractivity contribution in [2.75, 3.05) is 31.1 Å². The van der Waals surface area contributed by atoms with E-state index in [0.29, 0.717) is 47.7 Å². The summed E-state index contributed by atoms with van der Waals surface area (Å²) < 4.78 is 5.30. The van der Waals surface area contributed by atoms with Gasteiger partial charge in [-0.25, -0.2) is 4.79 Å². The summed E-state index contributed by atoms with van der Waals surface area (Å²) in [6, 6.07) is 12.8. The van der Waals surface area contributed by atoms with E-state index in [9.17, 15) is 4.79 Å². The SMILES string of the molecule is CCOC(=O)N1CCN(c2ccc(Cl)cc2Cl)C(c2ccc(Cl)cc2)[C@H]1CCN. The number of rotatable bonds is 5. The molecule has 3 rings (SSSR count). The summed E-state index contributed by atoms with van der Waals surface area (Å²) in [5, 5.41) is 1.79. The van der Waals surface area contributed by atoms with Gasteiger partial charge in [0.05, 0.1) is 29.4 Å². The van der Waals surface area contributed by atoms with Crippen molar-refractivity contribution in [1.82, 2.24) is 4.90 Å². The second kappa shape index (κ2) is 9.90. The largest absolute Gasteiger partial charge is 0.450 e. The van der Waals surface area contributed by atoms with Crippen molar-refractivity contribution in [1.29, 1.82) is 0 Å². The van der Waals surface area contributed by atoms with E-state index >= 15 is 0 Å². The minimum absolute atomic E-state index is 0.160. The number of nitrogens with two attached hydrogens (primary N) is 1. The molecule has 156 valence electrons. The minimum Gasteiger partial charge on any atom is -0.450 e. The van der Waals surface area contributed by atoms with Crippen LogP contribution in [0.1, 0.15) is 24.9 Å². The predicted molar refractivity (Wildman–Crippen MR) is 119 cm³/mol. The Morgan fingerprint density at radius 1 is 1.10 bits per heavy atom. The van der Waals surface area contributed by atoms with Crippen LogP contribution in [0.25, 0.3) is 0 Å². The zero-order valence-corrected chi connectivity index (χ0v) is 18.4. The van der Waals surface area contributed by atoms with E-state index in [0.717, 1.165) is 11.3 Å². The normalized spacial score (nSPS) is 19.3. The van der Waals surface area contributed by atoms with Gasteiger partial charge in [-0.15, -0.1) is 0 Å². The molecule has 1 aliphatic heterocycles. The van der Waals surface area contributed by atoms with Gasteiger partial charge in [-0.05, 0) is 55.8 Å². The monoisotopic (exact) mass is 455 g/mol. The Morgan fingerprint density at radius 2 is 1.79 bits per heavy atom. The van der Waals surface area contributed by atoms with Crippen molar-refractivity contribution in [2.24, 2.45) is 5.73 Å². The van der Waals surface area contributed by atoms with Gasteiger partial charge in [-0.3, -0.25) is 0 Å². The second-order valence-electron chi connectivity index (χ2n) is 6.82. The number of piperazine rings is 1. The van der Waals surface area contributed by atoms with Crippen LogP contribution in [-0.2, 0) is 4.74 Å². The number of ether oxygens (including phenoxy) is 1. The number of carbonyl (C=O) groups excluding carboxylic acids is 1. The standard InChI is InChI=1S/C21H24Cl3N3O2/c1-2-29-21(28)27-12-11-26(18-8-7-16(23)13-17(18)24)20(19(27)9-10-25)14-3-5-15(22)6-4-14/h3-8,13,19-20H,2,9-12,25H2,1H3/t19-,20?/m1/s1. The number of benzene rings is 2. The van der Waals surface area contributed by atoms with Crippen molar-refractivity contribution in [3.05, 3.63) is 63.1 Å². The topological polar surface area (TPSA) is 58.8 Å². The van der Waals surface area contributed by atoms with Gasteiger partial charge in [0.1, 0.15) is 0 Å². The fourth-order valence-corrected chi connectivity index (χ4v) is 4.51. The van der Waals surface area contributed by atoms with E-state index in [2.05, 4.69) is 4.90 Å². The Bertz CT molecular complexity index is 848. The van der Waals surface area contributed by atoms with Crippen LogP contribution in [0.5, 0.6) is 0 Å². The number of halogens is 3. The van der Waals surface area contributed by atoms with Crippen LogP contribution < -0.4 is 10.6 Å². The van der Waals surface area contributed by atoms with Gasteiger partial charge in [0.25, 0.3) is 0 Å². The van der Waals surface area contributed by atoms with Crippen LogP contribution >= 0.6 is 34.8 Å². The highest BCUT2D eigenvalue weighted by atomic mass is 35.5. The molecule has 0 bridgehead atoms. The quantitative estimate of drug-likeness (QED) is 0.656. The molecule has 0 aromatic heterocycles. The Morgan fingerprint density at radius 3 is 2.41 bits per heavy atom. The van der Waals surface area contributed by atoms with Gasteiger partial charge in [0, 0.05) is 23.1 Å². The third-order valence-corrected chi connectivity index (χ3v) is 5.87. The fourth-order valence-electron chi connectivity index (χ4n) is 3.86. The minimum atomic E-state index is -0.327. The van der Waals surface area contributed by atoms with E-state index in [1.54, 1.807) is 17.9 Å². The second-order valence-corrected chi connectivity index (χ2v) is 8.10. The summed E-state index contributed by atoms with van der Waals surface area (Å²) in [4.78, 5) is 16.6. The van der Waals surface area contributed by atoms with E-state index in [1.165, 1.54) is 0 Å². The van der Waals surface area contributed by atoms with Gasteiger partial charge in [-0.2, -0.15) is 0 Å². The summed E-state index contributed by atoms with van der Waals surface area (Å²) in [6.07, 6.45) is 0.292. The molecule has 1 unspecified atom stereocenters. The first kappa shape index (κ1) is 22.0. The van der Waals surface area contributed by atoms with Gasteiger partial charge in [0.15, 0.2) is 0 Å². The first-order valence-corrected chi connectivity index (χ1v) is 10.7. The molecular formula is C21H24Cl3N3O2. The lowest BCUT2D eigenvalue weighted by molar-refractivity contribution is 0.0723. The summed E-state index contributed by atoms with van der Waals surface area (Å²) in [7, 11) is 0. The highest BCUT2D eigenvalue weighted by molar-refractivity contribution is 6.36. The maximum Gasteiger partial charge on any atom is 0.410 e. The predicted octanol–water partition coefficient (Wildman–Crippen LogP) is 5.38. The van der Waals surface area contributed by atoms with Gasteiger partial charge in [0.2, 0.25) is 0 Å². The van der Waals surface area contributed by atoms with Gasteiger partial charge < -0.3 is 20.3 Å². The van der Waals surface area contributed by atoms with E-state index in [1.807, 2.05) is 36.4 Å². The van der Waals surface area contributed by atoms with Crippen LogP contribution in [0.4, 0.5) is 10.5 Å². The molecule has 2 N–H and O–H groups in total. The van der Waals surface area contributed by atoms with Crippen molar-refractivity contribution in [2.45, 2.75) is 25.4 Å². The smallest absolute Gasteiger partial charge is 0.410 e. The zero-order chi connectivity index (χ0) is 21.0. The van der Waals surface area contributed by atoms with Gasteiger partial charge in [-0.1, -0.05) is 46.9 Å². The number of hydrogen-bond acceptors (Lipinski definition) is 4. The zero-order valence-electron chi connectivity index (χ0n) is 16.2. The highest BCUT2D eigenvalue weighted by Crippen LogP contribution is 2.40. The van der Waals surface area contributed by atoms with Crippen molar-refractivity contribution in [3.8, 4) is 0 Å². The Labute approximate surface area is 186 Å². The molecule has 5 nitrogen and oxygen atoms in total. The maximum atomic E-state index is 12.6. The lowest BCUT2D eigenvalue weighted by atomic mass is 9.91. The molecule has 1 saturated heterocycles. The molecule has 1 heterocycles. The third kappa shape index (κ3) is 4.92. The molecule has 0 aliphatic carbocycles. The number of hydrogen-bond donors (Lipinski definition) is 1. The van der Waals surface area contributed by atoms with Crippen molar-refractivity contribution in [3.63, 3.8) is 0 Å². The average molecular weight is 457 g/mol. The Hall–Kier alpha value is -1.66. The first-order valence-electron chi connectivity index (χ1n) is 9.56. The average Bonchev–Trinajstić information content (AvgIpc) is 2.69. The number of amides is 1. The Balaban J connectivity index is 2.07. The summed E-state index contributed by atoms with van der Waals surface area (Å²) in [6.45, 7) is 3.66. The summed E-state index contributed by atoms with van der Waals surface area (Å²) >= 11 is 18.7. The molecule has 1 fully saturated rings. The molecule has 0 spiro atoms. The molecule has 1 amide bonds. The molecule has 8 heteroatoms. The van der Waals surface area contributed by atoms with E-state index < -0.39 is 0 Å². The molecule has 2 aromatic carbocycles. The van der Waals surface area contributed by atoms with Crippen molar-refractivity contribution >= 4 is 46.6 Å². The van der Waals surface area contributed by atoms with Crippen LogP contribution in [0.15, 0.2) is 42.5 Å². The van der Waals surface area contributed by atoms with Gasteiger partial charge >= 0.3 is 6.09 Å². The van der Waals surface area contributed by atoms with Crippen LogP contribution in [0.3, 0.4) is 0 Å². The first-order chi connectivity index (χ1) is 14.0. The molecule has 29 heavy (non-hydrogen) atoms. The van der Waals surface area contributed by atoms with Crippen LogP contribution in [0.2, 0.25) is 15.1 Å².